The average Bonchev–Trinajstić information content (AvgIpc) is 3.13. The summed E-state index contributed by atoms with van der Waals surface area (Å²) in [4.78, 5) is 0. The molecule has 0 fully saturated rings. The zero-order valence-electron chi connectivity index (χ0n) is 15.8. The van der Waals surface area contributed by atoms with Crippen LogP contribution in [-0.4, -0.2) is 0 Å². The molecule has 0 aliphatic heterocycles. The molecule has 0 spiro atoms. The maximum Gasteiger partial charge on any atom is 0.136 e. The van der Waals surface area contributed by atoms with E-state index in [4.69, 9.17) is 4.42 Å². The van der Waals surface area contributed by atoms with Crippen molar-refractivity contribution in [3.8, 4) is 11.1 Å². The Kier molecular flexibility index (Phi) is 3.87. The highest BCUT2D eigenvalue weighted by Crippen LogP contribution is 2.37. The van der Waals surface area contributed by atoms with Crippen molar-refractivity contribution in [2.24, 2.45) is 0 Å². The van der Waals surface area contributed by atoms with Crippen LogP contribution in [0.3, 0.4) is 0 Å². The lowest BCUT2D eigenvalue weighted by Gasteiger charge is -2.07. The second-order valence-electron chi connectivity index (χ2n) is 7.00. The first-order valence-electron chi connectivity index (χ1n) is 9.52. The molecular formula is C27H20O. The van der Waals surface area contributed by atoms with Crippen LogP contribution < -0.4 is 0 Å². The van der Waals surface area contributed by atoms with Gasteiger partial charge in [-0.1, -0.05) is 73.3 Å². The van der Waals surface area contributed by atoms with Crippen molar-refractivity contribution in [1.82, 2.24) is 0 Å². The van der Waals surface area contributed by atoms with Crippen LogP contribution in [0.5, 0.6) is 0 Å². The van der Waals surface area contributed by atoms with Gasteiger partial charge in [0.05, 0.1) is 0 Å². The van der Waals surface area contributed by atoms with E-state index in [1.54, 1.807) is 0 Å². The summed E-state index contributed by atoms with van der Waals surface area (Å²) in [7, 11) is 0. The molecule has 1 nitrogen and oxygen atoms in total. The lowest BCUT2D eigenvalue weighted by molar-refractivity contribution is 0.669. The lowest BCUT2D eigenvalue weighted by Crippen LogP contribution is -1.83. The van der Waals surface area contributed by atoms with Crippen LogP contribution in [0.4, 0.5) is 0 Å². The number of furan rings is 1. The molecule has 0 aliphatic carbocycles. The molecule has 0 radical (unpaired) electrons. The Balaban J connectivity index is 1.76. The van der Waals surface area contributed by atoms with E-state index in [0.29, 0.717) is 0 Å². The van der Waals surface area contributed by atoms with Crippen LogP contribution in [0.25, 0.3) is 49.4 Å². The van der Waals surface area contributed by atoms with E-state index in [-0.39, 0.29) is 0 Å². The van der Waals surface area contributed by atoms with Gasteiger partial charge in [0, 0.05) is 10.8 Å². The Morgan fingerprint density at radius 3 is 2.46 bits per heavy atom. The van der Waals surface area contributed by atoms with Gasteiger partial charge in [0.25, 0.3) is 0 Å². The molecule has 5 rings (SSSR count). The summed E-state index contributed by atoms with van der Waals surface area (Å²) < 4.78 is 6.13. The van der Waals surface area contributed by atoms with Crippen molar-refractivity contribution < 1.29 is 4.42 Å². The van der Waals surface area contributed by atoms with E-state index in [9.17, 15) is 0 Å². The van der Waals surface area contributed by atoms with Crippen molar-refractivity contribution >= 4 is 38.3 Å². The van der Waals surface area contributed by atoms with Gasteiger partial charge < -0.3 is 4.42 Å². The van der Waals surface area contributed by atoms with E-state index in [2.05, 4.69) is 91.5 Å². The number of benzene rings is 4. The number of hydrogen-bond donors (Lipinski definition) is 0. The van der Waals surface area contributed by atoms with Crippen LogP contribution in [0.15, 0.2) is 102 Å². The molecule has 1 heteroatoms. The minimum Gasteiger partial charge on any atom is -0.456 e. The maximum atomic E-state index is 6.13. The molecule has 0 atom stereocenters. The van der Waals surface area contributed by atoms with Crippen molar-refractivity contribution in [2.45, 2.75) is 6.92 Å². The fourth-order valence-electron chi connectivity index (χ4n) is 4.01. The molecule has 0 saturated carbocycles. The fourth-order valence-corrected chi connectivity index (χ4v) is 4.01. The first-order valence-corrected chi connectivity index (χ1v) is 9.52. The van der Waals surface area contributed by atoms with Gasteiger partial charge in [-0.15, -0.1) is 0 Å². The molecule has 1 heterocycles. The smallest absolute Gasteiger partial charge is 0.136 e. The number of allylic oxidation sites excluding steroid dienone is 3. The van der Waals surface area contributed by atoms with Gasteiger partial charge in [-0.25, -0.2) is 0 Å². The van der Waals surface area contributed by atoms with Crippen molar-refractivity contribution in [3.63, 3.8) is 0 Å². The minimum absolute atomic E-state index is 0.923. The van der Waals surface area contributed by atoms with Gasteiger partial charge in [0.15, 0.2) is 0 Å². The first kappa shape index (κ1) is 16.6. The van der Waals surface area contributed by atoms with Gasteiger partial charge in [-0.05, 0) is 64.2 Å². The Morgan fingerprint density at radius 1 is 0.786 bits per heavy atom. The fraction of sp³-hybridized carbons (Fsp3) is 0.0370. The average molecular weight is 360 g/mol. The number of rotatable bonds is 3. The van der Waals surface area contributed by atoms with Gasteiger partial charge in [0.1, 0.15) is 11.2 Å². The Hall–Kier alpha value is -3.58. The molecule has 0 aliphatic rings. The van der Waals surface area contributed by atoms with Crippen molar-refractivity contribution in [3.05, 3.63) is 103 Å². The molecule has 0 amide bonds. The number of fused-ring (bicyclic) bond motifs is 5. The quantitative estimate of drug-likeness (QED) is 0.297. The highest BCUT2D eigenvalue weighted by molar-refractivity contribution is 6.19. The van der Waals surface area contributed by atoms with E-state index in [0.717, 1.165) is 22.1 Å². The summed E-state index contributed by atoms with van der Waals surface area (Å²) in [5.74, 6) is 0. The summed E-state index contributed by atoms with van der Waals surface area (Å²) in [6.07, 6.45) is 3.99. The molecule has 0 saturated heterocycles. The molecule has 1 aromatic heterocycles. The zero-order valence-corrected chi connectivity index (χ0v) is 15.8. The first-order chi connectivity index (χ1) is 13.8. The van der Waals surface area contributed by atoms with Gasteiger partial charge in [-0.2, -0.15) is 0 Å². The Bertz CT molecular complexity index is 1380. The van der Waals surface area contributed by atoms with E-state index >= 15 is 0 Å². The zero-order chi connectivity index (χ0) is 19.1. The molecule has 134 valence electrons. The molecule has 0 unspecified atom stereocenters. The normalized spacial score (nSPS) is 12.1. The van der Waals surface area contributed by atoms with Crippen LogP contribution in [-0.2, 0) is 0 Å². The third-order valence-corrected chi connectivity index (χ3v) is 5.42. The maximum absolute atomic E-state index is 6.13. The second kappa shape index (κ2) is 6.54. The minimum atomic E-state index is 0.923. The predicted octanol–water partition coefficient (Wildman–Crippen LogP) is 8.00. The monoisotopic (exact) mass is 360 g/mol. The largest absolute Gasteiger partial charge is 0.456 e. The summed E-state index contributed by atoms with van der Waals surface area (Å²) in [5, 5.41) is 4.80. The summed E-state index contributed by atoms with van der Waals surface area (Å²) in [6.45, 7) is 5.97. The third kappa shape index (κ3) is 2.56. The topological polar surface area (TPSA) is 13.1 Å². The van der Waals surface area contributed by atoms with Crippen molar-refractivity contribution in [1.29, 1.82) is 0 Å². The van der Waals surface area contributed by atoms with E-state index in [1.807, 2.05) is 13.0 Å². The van der Waals surface area contributed by atoms with Crippen LogP contribution >= 0.6 is 0 Å². The predicted molar refractivity (Wildman–Crippen MR) is 121 cm³/mol. The van der Waals surface area contributed by atoms with Crippen LogP contribution in [0.1, 0.15) is 12.5 Å². The summed E-state index contributed by atoms with van der Waals surface area (Å²) in [6, 6.07) is 27.7. The van der Waals surface area contributed by atoms with Gasteiger partial charge in [0.2, 0.25) is 0 Å². The Labute approximate surface area is 164 Å². The molecule has 5 aromatic rings. The standard InChI is InChI=1S/C27H20O/c1-3-18(4-2)20-9-7-10-21(16-20)22-13-14-25-24(17-22)27-23-11-6-5-8-19(23)12-15-26(27)28-25/h3-17H,1H2,2H3/b18-4+. The second-order valence-corrected chi connectivity index (χ2v) is 7.00. The Morgan fingerprint density at radius 2 is 1.61 bits per heavy atom. The van der Waals surface area contributed by atoms with E-state index < -0.39 is 0 Å². The lowest BCUT2D eigenvalue weighted by atomic mass is 9.97. The van der Waals surface area contributed by atoms with Crippen LogP contribution in [0, 0.1) is 0 Å². The molecular weight excluding hydrogens is 340 g/mol. The van der Waals surface area contributed by atoms with Gasteiger partial charge >= 0.3 is 0 Å². The molecule has 0 N–H and O–H groups in total. The van der Waals surface area contributed by atoms with Crippen LogP contribution in [0.2, 0.25) is 0 Å². The number of hydrogen-bond acceptors (Lipinski definition) is 1. The summed E-state index contributed by atoms with van der Waals surface area (Å²) >= 11 is 0. The van der Waals surface area contributed by atoms with E-state index in [1.165, 1.54) is 32.8 Å². The molecule has 0 bridgehead atoms. The molecule has 28 heavy (non-hydrogen) atoms. The highest BCUT2D eigenvalue weighted by atomic mass is 16.3. The SMILES string of the molecule is C=C/C(=C\C)c1cccc(-c2ccc3oc4ccc5ccccc5c4c3c2)c1. The molecule has 4 aromatic carbocycles. The summed E-state index contributed by atoms with van der Waals surface area (Å²) in [5.41, 5.74) is 6.55. The van der Waals surface area contributed by atoms with Gasteiger partial charge in [-0.3, -0.25) is 0 Å². The third-order valence-electron chi connectivity index (χ3n) is 5.42. The highest BCUT2D eigenvalue weighted by Gasteiger charge is 2.12. The van der Waals surface area contributed by atoms with Crippen molar-refractivity contribution in [2.75, 3.05) is 0 Å².